The molecule has 0 aliphatic rings. The van der Waals surface area contributed by atoms with Crippen molar-refractivity contribution in [3.63, 3.8) is 0 Å². The van der Waals surface area contributed by atoms with Gasteiger partial charge in [0.1, 0.15) is 0 Å². The van der Waals surface area contributed by atoms with Crippen molar-refractivity contribution in [1.29, 1.82) is 0 Å². The smallest absolute Gasteiger partial charge is 0.189 e. The van der Waals surface area contributed by atoms with E-state index in [0.717, 1.165) is 12.0 Å². The normalized spacial score (nSPS) is 9.00. The molecule has 0 unspecified atom stereocenters. The molecule has 2 aromatic rings. The second kappa shape index (κ2) is 5.65. The molecule has 0 saturated heterocycles. The second-order valence-corrected chi connectivity index (χ2v) is 3.59. The zero-order chi connectivity index (χ0) is 12.8. The monoisotopic (exact) mass is 236 g/mol. The molecule has 4 heteroatoms. The molecule has 1 N–H and O–H groups in total. The van der Waals surface area contributed by atoms with Crippen molar-refractivity contribution in [2.75, 3.05) is 0 Å². The molecular formula is C14H12N4. The lowest BCUT2D eigenvalue weighted by molar-refractivity contribution is 1.07. The third kappa shape index (κ3) is 2.75. The molecule has 2 heterocycles. The molecule has 0 radical (unpaired) electrons. The maximum atomic E-state index is 4.13. The summed E-state index contributed by atoms with van der Waals surface area (Å²) in [4.78, 5) is 7.19. The molecule has 0 aromatic carbocycles. The lowest BCUT2D eigenvalue weighted by Crippen LogP contribution is -1.83. The molecule has 4 nitrogen and oxygen atoms in total. The Morgan fingerprint density at radius 1 is 1.50 bits per heavy atom. The first kappa shape index (κ1) is 11.9. The maximum Gasteiger partial charge on any atom is 0.189 e. The molecule has 0 spiro atoms. The van der Waals surface area contributed by atoms with E-state index in [4.69, 9.17) is 0 Å². The first-order chi connectivity index (χ1) is 8.81. The van der Waals surface area contributed by atoms with E-state index in [0.29, 0.717) is 17.3 Å². The lowest BCUT2D eigenvalue weighted by Gasteiger charge is -1.89. The standard InChI is InChI=1S/C14H12N4/c1-3-4-5-8-11(2)13-16-14(18-17-13)12-9-6-7-10-15-12/h4,7,10H,3H2,1-2H3,(H,16,17,18). The van der Waals surface area contributed by atoms with E-state index < -0.39 is 0 Å². The third-order valence-corrected chi connectivity index (χ3v) is 2.18. The summed E-state index contributed by atoms with van der Waals surface area (Å²) in [6, 6.07) is 7.38. The van der Waals surface area contributed by atoms with Crippen LogP contribution in [0, 0.1) is 12.1 Å². The summed E-state index contributed by atoms with van der Waals surface area (Å²) in [5.74, 6) is 1.23. The molecule has 88 valence electrons. The average molecular weight is 236 g/mol. The van der Waals surface area contributed by atoms with Crippen LogP contribution in [-0.2, 0) is 0 Å². The number of aromatic nitrogens is 4. The molecule has 0 saturated carbocycles. The summed E-state index contributed by atoms with van der Waals surface area (Å²) in [5, 5.41) is 8.06. The van der Waals surface area contributed by atoms with Crippen LogP contribution >= 0.6 is 0 Å². The molecule has 0 fully saturated rings. The molecule has 0 atom stereocenters. The quantitative estimate of drug-likeness (QED) is 0.833. The predicted molar refractivity (Wildman–Crippen MR) is 68.3 cm³/mol. The Morgan fingerprint density at radius 3 is 3.11 bits per heavy atom. The van der Waals surface area contributed by atoms with E-state index in [1.54, 1.807) is 12.3 Å². The molecule has 0 amide bonds. The predicted octanol–water partition coefficient (Wildman–Crippen LogP) is 2.59. The SMILES string of the molecule is CCC=C=C=C(C)c1nnc(-c2c#cccn2)[nH]1. The van der Waals surface area contributed by atoms with Crippen LogP contribution in [0.5, 0.6) is 0 Å². The van der Waals surface area contributed by atoms with E-state index in [1.807, 2.05) is 19.9 Å². The largest absolute Gasteiger partial charge is 0.319 e. The van der Waals surface area contributed by atoms with Crippen LogP contribution < -0.4 is 0 Å². The molecule has 0 aliphatic carbocycles. The first-order valence-electron chi connectivity index (χ1n) is 5.66. The van der Waals surface area contributed by atoms with Crippen LogP contribution in [0.2, 0.25) is 0 Å². The van der Waals surface area contributed by atoms with Gasteiger partial charge in [0.05, 0.1) is 0 Å². The number of rotatable bonds is 3. The average Bonchev–Trinajstić information content (AvgIpc) is 2.89. The van der Waals surface area contributed by atoms with E-state index in [9.17, 15) is 0 Å². The van der Waals surface area contributed by atoms with Crippen LogP contribution in [0.15, 0.2) is 29.8 Å². The van der Waals surface area contributed by atoms with Crippen molar-refractivity contribution in [2.24, 2.45) is 0 Å². The highest BCUT2D eigenvalue weighted by Crippen LogP contribution is 2.11. The molecular weight excluding hydrogens is 224 g/mol. The molecule has 0 bridgehead atoms. The summed E-state index contributed by atoms with van der Waals surface area (Å²) < 4.78 is 0. The maximum absolute atomic E-state index is 4.13. The summed E-state index contributed by atoms with van der Waals surface area (Å²) in [6.45, 7) is 3.94. The van der Waals surface area contributed by atoms with E-state index in [2.05, 4.69) is 43.8 Å². The molecule has 18 heavy (non-hydrogen) atoms. The fourth-order valence-electron chi connectivity index (χ4n) is 1.27. The Balaban J connectivity index is 2.32. The van der Waals surface area contributed by atoms with Crippen molar-refractivity contribution in [3.8, 4) is 11.5 Å². The van der Waals surface area contributed by atoms with Crippen LogP contribution in [0.1, 0.15) is 26.1 Å². The van der Waals surface area contributed by atoms with Gasteiger partial charge in [0.2, 0.25) is 0 Å². The van der Waals surface area contributed by atoms with Gasteiger partial charge in [-0.25, -0.2) is 4.98 Å². The summed E-state index contributed by atoms with van der Waals surface area (Å²) >= 11 is 0. The van der Waals surface area contributed by atoms with Gasteiger partial charge in [-0.3, -0.25) is 0 Å². The summed E-state index contributed by atoms with van der Waals surface area (Å²) in [5.41, 5.74) is 7.40. The number of aromatic amines is 1. The summed E-state index contributed by atoms with van der Waals surface area (Å²) in [6.07, 6.45) is 4.48. The van der Waals surface area contributed by atoms with Crippen LogP contribution in [0.3, 0.4) is 0 Å². The Hall–Kier alpha value is -2.59. The van der Waals surface area contributed by atoms with Crippen molar-refractivity contribution in [3.05, 3.63) is 47.8 Å². The molecule has 2 aromatic heterocycles. The zero-order valence-corrected chi connectivity index (χ0v) is 10.3. The Morgan fingerprint density at radius 2 is 2.39 bits per heavy atom. The topological polar surface area (TPSA) is 54.5 Å². The summed E-state index contributed by atoms with van der Waals surface area (Å²) in [7, 11) is 0. The Bertz CT molecular complexity index is 612. The first-order valence-corrected chi connectivity index (χ1v) is 5.66. The fraction of sp³-hybridized carbons (Fsp3) is 0.214. The third-order valence-electron chi connectivity index (χ3n) is 2.18. The van der Waals surface area contributed by atoms with Crippen LogP contribution in [-0.4, -0.2) is 20.2 Å². The minimum absolute atomic E-state index is 0.572. The number of nitrogens with zero attached hydrogens (tertiary/aromatic N) is 3. The number of hydrogen-bond donors (Lipinski definition) is 1. The van der Waals surface area contributed by atoms with E-state index >= 15 is 0 Å². The number of allylic oxidation sites excluding steroid dienone is 2. The van der Waals surface area contributed by atoms with Crippen LogP contribution in [0.25, 0.3) is 17.1 Å². The van der Waals surface area contributed by atoms with Gasteiger partial charge in [-0.15, -0.1) is 10.2 Å². The van der Waals surface area contributed by atoms with Gasteiger partial charge in [0.25, 0.3) is 0 Å². The highest BCUT2D eigenvalue weighted by Gasteiger charge is 2.06. The second-order valence-electron chi connectivity index (χ2n) is 3.59. The van der Waals surface area contributed by atoms with Gasteiger partial charge in [0.15, 0.2) is 17.3 Å². The lowest BCUT2D eigenvalue weighted by atomic mass is 10.3. The zero-order valence-electron chi connectivity index (χ0n) is 10.3. The molecule has 2 rings (SSSR count). The van der Waals surface area contributed by atoms with Crippen LogP contribution in [0.4, 0.5) is 0 Å². The molecule has 0 aliphatic heterocycles. The van der Waals surface area contributed by atoms with Gasteiger partial charge in [-0.2, -0.15) is 0 Å². The number of nitrogens with one attached hydrogen (secondary N) is 1. The van der Waals surface area contributed by atoms with Crippen molar-refractivity contribution >= 4 is 5.57 Å². The minimum Gasteiger partial charge on any atom is -0.319 e. The Labute approximate surface area is 106 Å². The van der Waals surface area contributed by atoms with Crippen molar-refractivity contribution in [1.82, 2.24) is 20.2 Å². The van der Waals surface area contributed by atoms with Crippen molar-refractivity contribution in [2.45, 2.75) is 20.3 Å². The fourth-order valence-corrected chi connectivity index (χ4v) is 1.27. The van der Waals surface area contributed by atoms with Gasteiger partial charge in [-0.05, 0) is 25.5 Å². The van der Waals surface area contributed by atoms with E-state index in [1.165, 1.54) is 0 Å². The minimum atomic E-state index is 0.572. The number of H-pyrrole nitrogens is 1. The highest BCUT2D eigenvalue weighted by atomic mass is 15.2. The number of hydrogen-bond acceptors (Lipinski definition) is 3. The van der Waals surface area contributed by atoms with Gasteiger partial charge >= 0.3 is 0 Å². The van der Waals surface area contributed by atoms with Gasteiger partial charge < -0.3 is 4.98 Å². The highest BCUT2D eigenvalue weighted by molar-refractivity contribution is 5.58. The van der Waals surface area contributed by atoms with Gasteiger partial charge in [-0.1, -0.05) is 24.5 Å². The Kier molecular flexibility index (Phi) is 3.73. The van der Waals surface area contributed by atoms with E-state index in [-0.39, 0.29) is 0 Å². The van der Waals surface area contributed by atoms with Gasteiger partial charge in [0, 0.05) is 17.8 Å². The van der Waals surface area contributed by atoms with Crippen molar-refractivity contribution < 1.29 is 0 Å².